The maximum atomic E-state index is 12.5. The van der Waals surface area contributed by atoms with Gasteiger partial charge in [-0.1, -0.05) is 0 Å². The van der Waals surface area contributed by atoms with Crippen molar-refractivity contribution in [2.45, 2.75) is 46.1 Å². The summed E-state index contributed by atoms with van der Waals surface area (Å²) in [6.07, 6.45) is 2.72. The second kappa shape index (κ2) is 6.89. The highest BCUT2D eigenvalue weighted by Crippen LogP contribution is 2.33. The van der Waals surface area contributed by atoms with Crippen LogP contribution in [0.1, 0.15) is 37.6 Å². The summed E-state index contributed by atoms with van der Waals surface area (Å²) in [6, 6.07) is 0. The third kappa shape index (κ3) is 3.61. The molecule has 0 aromatic carbocycles. The Hall–Kier alpha value is -2.84. The molecule has 29 heavy (non-hydrogen) atoms. The van der Waals surface area contributed by atoms with Gasteiger partial charge in [-0.2, -0.15) is 9.61 Å². The molecule has 9 nitrogen and oxygen atoms in total. The lowest BCUT2D eigenvalue weighted by Gasteiger charge is -2.39. The topological polar surface area (TPSA) is 100 Å². The summed E-state index contributed by atoms with van der Waals surface area (Å²) in [4.78, 5) is 32.5. The molecular weight excluding hydrogens is 374 g/mol. The number of ether oxygens (including phenoxy) is 1. The van der Waals surface area contributed by atoms with Crippen molar-refractivity contribution in [2.75, 3.05) is 31.1 Å². The largest absolute Gasteiger partial charge is 0.481 e. The minimum atomic E-state index is -0.773. The number of carbonyl (C=O) groups is 2. The number of fused-ring (bicyclic) bond motifs is 2. The summed E-state index contributed by atoms with van der Waals surface area (Å²) in [5.41, 5.74) is 3.19. The zero-order valence-corrected chi connectivity index (χ0v) is 17.3. The monoisotopic (exact) mass is 401 g/mol. The molecule has 4 heterocycles. The normalized spacial score (nSPS) is 17.7. The summed E-state index contributed by atoms with van der Waals surface area (Å²) in [7, 11) is 0. The zero-order chi connectivity index (χ0) is 20.9. The van der Waals surface area contributed by atoms with Crippen LogP contribution in [0.4, 0.5) is 10.6 Å². The van der Waals surface area contributed by atoms with Crippen molar-refractivity contribution in [2.24, 2.45) is 5.92 Å². The SMILES string of the molecule is Cc1cnn2c(N3CC(C(=O)O)C3)c3c(nc12)CCN(C(=O)OC(C)(C)C)CC3. The van der Waals surface area contributed by atoms with Crippen LogP contribution in [0.5, 0.6) is 0 Å². The van der Waals surface area contributed by atoms with Crippen LogP contribution in [-0.2, 0) is 22.4 Å². The Labute approximate surface area is 169 Å². The molecular formula is C20H27N5O4. The molecule has 2 aromatic rings. The van der Waals surface area contributed by atoms with E-state index in [1.165, 1.54) is 0 Å². The van der Waals surface area contributed by atoms with Gasteiger partial charge < -0.3 is 19.6 Å². The number of carbonyl (C=O) groups excluding carboxylic acids is 1. The highest BCUT2D eigenvalue weighted by molar-refractivity contribution is 5.75. The molecule has 0 aliphatic carbocycles. The van der Waals surface area contributed by atoms with Crippen LogP contribution in [-0.4, -0.2) is 68.4 Å². The van der Waals surface area contributed by atoms with E-state index in [9.17, 15) is 14.7 Å². The molecule has 9 heteroatoms. The van der Waals surface area contributed by atoms with E-state index in [1.54, 1.807) is 11.1 Å². The lowest BCUT2D eigenvalue weighted by Crippen LogP contribution is -2.51. The molecule has 0 bridgehead atoms. The van der Waals surface area contributed by atoms with Crippen LogP contribution in [0.25, 0.3) is 5.65 Å². The van der Waals surface area contributed by atoms with Gasteiger partial charge in [0.25, 0.3) is 0 Å². The van der Waals surface area contributed by atoms with Crippen LogP contribution in [0.3, 0.4) is 0 Å². The van der Waals surface area contributed by atoms with Gasteiger partial charge in [0, 0.05) is 43.7 Å². The van der Waals surface area contributed by atoms with Crippen molar-refractivity contribution >= 4 is 23.5 Å². The minimum Gasteiger partial charge on any atom is -0.481 e. The third-order valence-electron chi connectivity index (χ3n) is 5.41. The van der Waals surface area contributed by atoms with E-state index >= 15 is 0 Å². The predicted octanol–water partition coefficient (Wildman–Crippen LogP) is 1.89. The highest BCUT2D eigenvalue weighted by atomic mass is 16.6. The zero-order valence-electron chi connectivity index (χ0n) is 17.3. The lowest BCUT2D eigenvalue weighted by atomic mass is 9.98. The van der Waals surface area contributed by atoms with Crippen LogP contribution >= 0.6 is 0 Å². The van der Waals surface area contributed by atoms with Gasteiger partial charge >= 0.3 is 12.1 Å². The predicted molar refractivity (Wildman–Crippen MR) is 106 cm³/mol. The van der Waals surface area contributed by atoms with E-state index in [0.29, 0.717) is 39.0 Å². The molecule has 2 aliphatic heterocycles. The summed E-state index contributed by atoms with van der Waals surface area (Å²) in [5.74, 6) is -0.235. The Bertz CT molecular complexity index is 971. The molecule has 1 saturated heterocycles. The van der Waals surface area contributed by atoms with E-state index in [-0.39, 0.29) is 12.0 Å². The molecule has 156 valence electrons. The number of carboxylic acids is 1. The van der Waals surface area contributed by atoms with Crippen LogP contribution in [0.15, 0.2) is 6.20 Å². The Morgan fingerprint density at radius 2 is 1.90 bits per heavy atom. The molecule has 0 saturated carbocycles. The fourth-order valence-corrected chi connectivity index (χ4v) is 3.87. The standard InChI is InChI=1S/C20H27N5O4/c1-12-9-21-25-16(12)22-15-6-8-23(19(28)29-20(2,3)4)7-5-14(15)17(25)24-10-13(11-24)18(26)27/h9,13H,5-8,10-11H2,1-4H3,(H,26,27). The molecule has 2 aromatic heterocycles. The van der Waals surface area contributed by atoms with Gasteiger partial charge in [-0.05, 0) is 34.1 Å². The van der Waals surface area contributed by atoms with Crippen molar-refractivity contribution in [3.63, 3.8) is 0 Å². The molecule has 0 atom stereocenters. The fourth-order valence-electron chi connectivity index (χ4n) is 3.87. The van der Waals surface area contributed by atoms with Crippen LogP contribution in [0.2, 0.25) is 0 Å². The van der Waals surface area contributed by atoms with E-state index < -0.39 is 11.6 Å². The third-order valence-corrected chi connectivity index (χ3v) is 5.41. The Morgan fingerprint density at radius 3 is 2.55 bits per heavy atom. The highest BCUT2D eigenvalue weighted by Gasteiger charge is 2.37. The van der Waals surface area contributed by atoms with Gasteiger partial charge in [0.2, 0.25) is 0 Å². The first kappa shape index (κ1) is 19.5. The molecule has 1 fully saturated rings. The molecule has 0 unspecified atom stereocenters. The maximum absolute atomic E-state index is 12.5. The van der Waals surface area contributed by atoms with Gasteiger partial charge in [-0.3, -0.25) is 4.79 Å². The van der Waals surface area contributed by atoms with E-state index in [0.717, 1.165) is 28.3 Å². The second-order valence-corrected chi connectivity index (χ2v) is 8.83. The van der Waals surface area contributed by atoms with Crippen LogP contribution in [0, 0.1) is 12.8 Å². The fraction of sp³-hybridized carbons (Fsp3) is 0.600. The van der Waals surface area contributed by atoms with Crippen molar-refractivity contribution in [1.29, 1.82) is 0 Å². The number of aryl methyl sites for hydroxylation is 1. The Morgan fingerprint density at radius 1 is 1.21 bits per heavy atom. The molecule has 1 N–H and O–H groups in total. The van der Waals surface area contributed by atoms with Crippen molar-refractivity contribution in [1.82, 2.24) is 19.5 Å². The molecule has 4 rings (SSSR count). The van der Waals surface area contributed by atoms with Gasteiger partial charge in [-0.15, -0.1) is 0 Å². The number of carboxylic acid groups (broad SMARTS) is 1. The van der Waals surface area contributed by atoms with Crippen molar-refractivity contribution in [3.8, 4) is 0 Å². The summed E-state index contributed by atoms with van der Waals surface area (Å²) >= 11 is 0. The first-order valence-corrected chi connectivity index (χ1v) is 9.96. The number of hydrogen-bond donors (Lipinski definition) is 1. The van der Waals surface area contributed by atoms with Crippen LogP contribution < -0.4 is 4.90 Å². The minimum absolute atomic E-state index is 0.317. The second-order valence-electron chi connectivity index (χ2n) is 8.83. The Balaban J connectivity index is 1.66. The van der Waals surface area contributed by atoms with Gasteiger partial charge in [0.05, 0.1) is 17.8 Å². The average Bonchev–Trinajstić information content (AvgIpc) is 2.81. The smallest absolute Gasteiger partial charge is 0.410 e. The molecule has 0 radical (unpaired) electrons. The average molecular weight is 401 g/mol. The number of aromatic nitrogens is 3. The van der Waals surface area contributed by atoms with Gasteiger partial charge in [0.1, 0.15) is 11.4 Å². The first-order valence-electron chi connectivity index (χ1n) is 9.96. The molecule has 2 aliphatic rings. The number of anilines is 1. The number of hydrogen-bond acceptors (Lipinski definition) is 6. The molecule has 1 amide bonds. The quantitative estimate of drug-likeness (QED) is 0.820. The number of nitrogens with zero attached hydrogens (tertiary/aromatic N) is 5. The van der Waals surface area contributed by atoms with Gasteiger partial charge in [0.15, 0.2) is 5.65 Å². The number of rotatable bonds is 2. The Kier molecular flexibility index (Phi) is 4.63. The maximum Gasteiger partial charge on any atom is 0.410 e. The van der Waals surface area contributed by atoms with Gasteiger partial charge in [-0.25, -0.2) is 9.78 Å². The number of aliphatic carboxylic acids is 1. The lowest BCUT2D eigenvalue weighted by molar-refractivity contribution is -0.142. The first-order chi connectivity index (χ1) is 13.6. The van der Waals surface area contributed by atoms with Crippen molar-refractivity contribution in [3.05, 3.63) is 23.0 Å². The summed E-state index contributed by atoms with van der Waals surface area (Å²) in [5, 5.41) is 13.8. The summed E-state index contributed by atoms with van der Waals surface area (Å²) in [6.45, 7) is 9.51. The number of amides is 1. The molecule has 0 spiro atoms. The summed E-state index contributed by atoms with van der Waals surface area (Å²) < 4.78 is 7.35. The van der Waals surface area contributed by atoms with Crippen molar-refractivity contribution < 1.29 is 19.4 Å². The van der Waals surface area contributed by atoms with E-state index in [2.05, 4.69) is 10.00 Å². The van der Waals surface area contributed by atoms with E-state index in [4.69, 9.17) is 9.72 Å². The van der Waals surface area contributed by atoms with E-state index in [1.807, 2.05) is 32.2 Å².